The number of hydrazone groups is 1. The van der Waals surface area contributed by atoms with Crippen LogP contribution in [0.3, 0.4) is 0 Å². The Labute approximate surface area is 287 Å². The second-order valence-electron chi connectivity index (χ2n) is 12.3. The van der Waals surface area contributed by atoms with Crippen molar-refractivity contribution in [1.82, 2.24) is 15.3 Å². The zero-order chi connectivity index (χ0) is 34.7. The number of nitrogens with zero attached hydrogens (tertiary/aromatic N) is 3. The molecule has 252 valence electrons. The first kappa shape index (κ1) is 34.9. The average molecular weight is 678 g/mol. The molecule has 0 aliphatic rings. The van der Waals surface area contributed by atoms with Crippen molar-refractivity contribution in [2.75, 3.05) is 18.6 Å². The van der Waals surface area contributed by atoms with Crippen LogP contribution in [0.1, 0.15) is 49.0 Å². The second-order valence-corrected chi connectivity index (χ2v) is 13.7. The van der Waals surface area contributed by atoms with E-state index in [1.54, 1.807) is 18.2 Å². The molecule has 2 heterocycles. The van der Waals surface area contributed by atoms with Crippen LogP contribution in [-0.4, -0.2) is 48.2 Å². The maximum atomic E-state index is 12.8. The van der Waals surface area contributed by atoms with Crippen molar-refractivity contribution in [3.05, 3.63) is 127 Å². The Morgan fingerprint density at radius 2 is 1.57 bits per heavy atom. The van der Waals surface area contributed by atoms with Crippen LogP contribution >= 0.6 is 0 Å². The first-order valence-corrected chi connectivity index (χ1v) is 17.4. The monoisotopic (exact) mass is 677 g/mol. The zero-order valence-corrected chi connectivity index (χ0v) is 28.2. The van der Waals surface area contributed by atoms with Gasteiger partial charge >= 0.3 is 0 Å². The van der Waals surface area contributed by atoms with Gasteiger partial charge in [-0.2, -0.15) is 13.5 Å². The van der Waals surface area contributed by atoms with E-state index >= 15 is 0 Å². The number of benzene rings is 3. The molecule has 1 amide bonds. The summed E-state index contributed by atoms with van der Waals surface area (Å²) in [5.41, 5.74) is 7.22. The molecule has 0 saturated carbocycles. The Morgan fingerprint density at radius 3 is 2.27 bits per heavy atom. The van der Waals surface area contributed by atoms with Crippen LogP contribution in [0, 0.1) is 5.41 Å². The number of aromatic nitrogens is 2. The summed E-state index contributed by atoms with van der Waals surface area (Å²) in [7, 11) is -4.38. The number of hydrogen-bond donors (Lipinski definition) is 3. The molecular weight excluding hydrogens is 639 g/mol. The average Bonchev–Trinajstić information content (AvgIpc) is 3.11. The summed E-state index contributed by atoms with van der Waals surface area (Å²) in [4.78, 5) is 21.6. The summed E-state index contributed by atoms with van der Waals surface area (Å²) in [6, 6.07) is 33.5. The summed E-state index contributed by atoms with van der Waals surface area (Å²) in [5.74, 6) is 0.716. The van der Waals surface area contributed by atoms with E-state index in [9.17, 15) is 17.8 Å². The maximum Gasteiger partial charge on any atom is 0.295 e. The lowest BCUT2D eigenvalue weighted by atomic mass is 9.87. The highest BCUT2D eigenvalue weighted by Gasteiger charge is 2.19. The molecule has 10 nitrogen and oxygen atoms in total. The van der Waals surface area contributed by atoms with Crippen molar-refractivity contribution in [3.8, 4) is 28.3 Å². The van der Waals surface area contributed by atoms with Crippen molar-refractivity contribution in [1.29, 1.82) is 0 Å². The minimum atomic E-state index is -4.38. The number of carbonyl (C=O) groups excluding carboxylic acids is 1. The normalized spacial score (nSPS) is 11.7. The number of hydrogen-bond acceptors (Lipinski definition) is 8. The molecule has 3 N–H and O–H groups in total. The van der Waals surface area contributed by atoms with E-state index < -0.39 is 10.1 Å². The Morgan fingerprint density at radius 1 is 0.878 bits per heavy atom. The molecule has 0 spiro atoms. The number of nitrogens with one attached hydrogen (secondary N) is 2. The smallest absolute Gasteiger partial charge is 0.295 e. The largest absolute Gasteiger partial charge is 0.478 e. The van der Waals surface area contributed by atoms with E-state index in [2.05, 4.69) is 52.9 Å². The van der Waals surface area contributed by atoms with Crippen molar-refractivity contribution < 1.29 is 22.5 Å². The van der Waals surface area contributed by atoms with Gasteiger partial charge in [0, 0.05) is 29.9 Å². The van der Waals surface area contributed by atoms with Crippen LogP contribution in [0.2, 0.25) is 0 Å². The Bertz CT molecular complexity index is 1930. The predicted octanol–water partition coefficient (Wildman–Crippen LogP) is 7.51. The molecule has 0 aliphatic heterocycles. The topological polar surface area (TPSA) is 143 Å². The lowest BCUT2D eigenvalue weighted by Crippen LogP contribution is -2.34. The summed E-state index contributed by atoms with van der Waals surface area (Å²) in [6.45, 7) is 5.26. The molecule has 11 heteroatoms. The molecule has 0 radical (unpaired) electrons. The lowest BCUT2D eigenvalue weighted by molar-refractivity contribution is 0.0933. The molecule has 0 atom stereocenters. The van der Waals surface area contributed by atoms with Gasteiger partial charge in [-0.25, -0.2) is 9.97 Å². The molecule has 3 aromatic carbocycles. The Balaban J connectivity index is 1.07. The fraction of sp³-hybridized carbons (Fsp3) is 0.211. The van der Waals surface area contributed by atoms with Gasteiger partial charge in [-0.1, -0.05) is 92.7 Å². The first-order chi connectivity index (χ1) is 23.6. The van der Waals surface area contributed by atoms with Crippen molar-refractivity contribution in [2.24, 2.45) is 10.5 Å². The standard InChI is InChI=1S/C38H39N5O5S/c1-38(2,27-40-37(44)31-19-20-35(39-25-31)43-41-26-30-17-9-10-18-34(30)49(45,46)47)21-11-12-22-48-36-24-32(28-13-5-3-6-14-28)23-33(42-36)29-15-7-4-8-16-29/h3-10,13-20,23-26H,11-12,21-22,27H2,1-2H3,(H,39,43)(H,40,44)(H,45,46,47)/b41-26+. The highest BCUT2D eigenvalue weighted by molar-refractivity contribution is 7.86. The van der Waals surface area contributed by atoms with Gasteiger partial charge in [-0.05, 0) is 60.1 Å². The minimum Gasteiger partial charge on any atom is -0.478 e. The van der Waals surface area contributed by atoms with E-state index in [-0.39, 0.29) is 21.8 Å². The van der Waals surface area contributed by atoms with E-state index in [1.807, 2.05) is 54.6 Å². The van der Waals surface area contributed by atoms with Crippen molar-refractivity contribution in [2.45, 2.75) is 38.0 Å². The van der Waals surface area contributed by atoms with Crippen LogP contribution in [0.15, 0.2) is 125 Å². The number of rotatable bonds is 15. The first-order valence-electron chi connectivity index (χ1n) is 15.9. The third-order valence-corrected chi connectivity index (χ3v) is 8.74. The Kier molecular flexibility index (Phi) is 11.5. The van der Waals surface area contributed by atoms with Gasteiger partial charge in [0.25, 0.3) is 16.0 Å². The van der Waals surface area contributed by atoms with Crippen LogP contribution in [-0.2, 0) is 10.1 Å². The van der Waals surface area contributed by atoms with Crippen LogP contribution < -0.4 is 15.5 Å². The number of pyridine rings is 2. The molecule has 5 aromatic rings. The zero-order valence-electron chi connectivity index (χ0n) is 27.4. The SMILES string of the molecule is CC(C)(CCCCOc1cc(-c2ccccc2)cc(-c2ccccc2)n1)CNC(=O)c1ccc(N/N=C/c2ccccc2S(=O)(=O)O)nc1. The van der Waals surface area contributed by atoms with E-state index in [4.69, 9.17) is 9.72 Å². The fourth-order valence-corrected chi connectivity index (χ4v) is 5.78. The van der Waals surface area contributed by atoms with Crippen LogP contribution in [0.5, 0.6) is 5.88 Å². The number of ether oxygens (including phenoxy) is 1. The third-order valence-electron chi connectivity index (χ3n) is 7.81. The number of unbranched alkanes of at least 4 members (excludes halogenated alkanes) is 1. The van der Waals surface area contributed by atoms with Crippen LogP contribution in [0.4, 0.5) is 5.82 Å². The molecule has 0 bridgehead atoms. The van der Waals surface area contributed by atoms with Gasteiger partial charge in [0.15, 0.2) is 0 Å². The third kappa shape index (κ3) is 10.3. The fourth-order valence-electron chi connectivity index (χ4n) is 5.11. The van der Waals surface area contributed by atoms with Crippen molar-refractivity contribution >= 4 is 28.1 Å². The number of amides is 1. The van der Waals surface area contributed by atoms with E-state index in [1.165, 1.54) is 30.6 Å². The molecule has 0 saturated heterocycles. The van der Waals surface area contributed by atoms with Gasteiger partial charge in [-0.15, -0.1) is 0 Å². The molecule has 5 rings (SSSR count). The Hall–Kier alpha value is -5.39. The molecule has 0 unspecified atom stereocenters. The molecule has 0 aliphatic carbocycles. The number of anilines is 1. The summed E-state index contributed by atoms with van der Waals surface area (Å²) >= 11 is 0. The van der Waals surface area contributed by atoms with E-state index in [0.717, 1.165) is 41.6 Å². The minimum absolute atomic E-state index is 0.135. The molecular formula is C38H39N5O5S. The van der Waals surface area contributed by atoms with Gasteiger partial charge in [-0.3, -0.25) is 14.8 Å². The molecule has 49 heavy (non-hydrogen) atoms. The maximum absolute atomic E-state index is 12.8. The summed E-state index contributed by atoms with van der Waals surface area (Å²) in [5, 5.41) is 7.00. The summed E-state index contributed by atoms with van der Waals surface area (Å²) in [6.07, 6.45) is 5.36. The van der Waals surface area contributed by atoms with Gasteiger partial charge in [0.1, 0.15) is 10.7 Å². The van der Waals surface area contributed by atoms with Gasteiger partial charge in [0.05, 0.1) is 24.1 Å². The highest BCUT2D eigenvalue weighted by atomic mass is 32.2. The second kappa shape index (κ2) is 16.1. The van der Waals surface area contributed by atoms with E-state index in [0.29, 0.717) is 30.4 Å². The van der Waals surface area contributed by atoms with Gasteiger partial charge in [0.2, 0.25) is 5.88 Å². The lowest BCUT2D eigenvalue weighted by Gasteiger charge is -2.25. The quantitative estimate of drug-likeness (QED) is 0.0447. The molecule has 2 aromatic heterocycles. The van der Waals surface area contributed by atoms with Crippen molar-refractivity contribution in [3.63, 3.8) is 0 Å². The van der Waals surface area contributed by atoms with Gasteiger partial charge < -0.3 is 10.1 Å². The highest BCUT2D eigenvalue weighted by Crippen LogP contribution is 2.29. The number of carbonyl (C=O) groups is 1. The predicted molar refractivity (Wildman–Crippen MR) is 192 cm³/mol. The van der Waals surface area contributed by atoms with Crippen LogP contribution in [0.25, 0.3) is 22.4 Å². The molecule has 0 fully saturated rings. The summed E-state index contributed by atoms with van der Waals surface area (Å²) < 4.78 is 38.6.